The first-order chi connectivity index (χ1) is 32.2. The van der Waals surface area contributed by atoms with Crippen molar-refractivity contribution in [1.29, 1.82) is 0 Å². The highest BCUT2D eigenvalue weighted by Crippen LogP contribution is 2.63. The van der Waals surface area contributed by atoms with Gasteiger partial charge in [-0.15, -0.1) is 0 Å². The van der Waals surface area contributed by atoms with Crippen LogP contribution in [0.2, 0.25) is 0 Å². The Balaban J connectivity index is 0.924. The van der Waals surface area contributed by atoms with Crippen molar-refractivity contribution in [3.8, 4) is 67.0 Å². The van der Waals surface area contributed by atoms with Gasteiger partial charge in [0, 0.05) is 21.9 Å². The van der Waals surface area contributed by atoms with Crippen LogP contribution < -0.4 is 0 Å². The van der Waals surface area contributed by atoms with Crippen molar-refractivity contribution in [3.63, 3.8) is 0 Å². The molecular weight excluding hydrogens is 785 g/mol. The van der Waals surface area contributed by atoms with Crippen molar-refractivity contribution in [3.05, 3.63) is 253 Å². The number of benzene rings is 10. The van der Waals surface area contributed by atoms with Crippen molar-refractivity contribution in [2.75, 3.05) is 0 Å². The maximum Gasteiger partial charge on any atom is 0.0972 e. The highest BCUT2D eigenvalue weighted by molar-refractivity contribution is 6.21. The maximum absolute atomic E-state index is 5.28. The topological polar surface area (TPSA) is 25.8 Å². The molecule has 0 fully saturated rings. The fraction of sp³-hybridized carbons (Fsp3) is 0.0159. The molecule has 2 heterocycles. The second-order valence-electron chi connectivity index (χ2n) is 17.5. The van der Waals surface area contributed by atoms with Crippen LogP contribution in [0.3, 0.4) is 0 Å². The molecule has 2 aliphatic rings. The highest BCUT2D eigenvalue weighted by Gasteiger charge is 2.51. The van der Waals surface area contributed by atoms with E-state index in [9.17, 15) is 0 Å². The summed E-state index contributed by atoms with van der Waals surface area (Å²) < 4.78 is 0. The summed E-state index contributed by atoms with van der Waals surface area (Å²) in [5, 5.41) is 7.12. The maximum atomic E-state index is 5.28. The molecule has 12 aromatic rings. The van der Waals surface area contributed by atoms with E-state index in [-0.39, 0.29) is 0 Å². The Morgan fingerprint density at radius 3 is 1.14 bits per heavy atom. The van der Waals surface area contributed by atoms with Crippen LogP contribution in [0.25, 0.3) is 110 Å². The normalized spacial score (nSPS) is 13.0. The zero-order valence-electron chi connectivity index (χ0n) is 35.3. The summed E-state index contributed by atoms with van der Waals surface area (Å²) in [6, 6.07) is 84.6. The van der Waals surface area contributed by atoms with Gasteiger partial charge in [-0.05, 0) is 107 Å². The fourth-order valence-corrected chi connectivity index (χ4v) is 11.5. The van der Waals surface area contributed by atoms with E-state index < -0.39 is 5.41 Å². The zero-order chi connectivity index (χ0) is 42.6. The van der Waals surface area contributed by atoms with E-state index in [0.717, 1.165) is 44.3 Å². The predicted octanol–water partition coefficient (Wildman–Crippen LogP) is 16.1. The Bertz CT molecular complexity index is 3820. The van der Waals surface area contributed by atoms with Crippen LogP contribution in [-0.2, 0) is 5.41 Å². The number of pyridine rings is 2. The van der Waals surface area contributed by atoms with Gasteiger partial charge in [-0.2, -0.15) is 0 Å². The Labute approximate surface area is 376 Å². The minimum absolute atomic E-state index is 0.406. The lowest BCUT2D eigenvalue weighted by atomic mass is 9.70. The van der Waals surface area contributed by atoms with Crippen LogP contribution in [0.4, 0.5) is 0 Å². The van der Waals surface area contributed by atoms with Gasteiger partial charge in [0.05, 0.1) is 27.8 Å². The van der Waals surface area contributed by atoms with Crippen molar-refractivity contribution in [1.82, 2.24) is 9.97 Å². The molecule has 300 valence electrons. The quantitative estimate of drug-likeness (QED) is 0.131. The van der Waals surface area contributed by atoms with Gasteiger partial charge in [0.25, 0.3) is 0 Å². The molecule has 0 amide bonds. The first-order valence-corrected chi connectivity index (χ1v) is 22.5. The molecule has 1 spiro atoms. The Kier molecular flexibility index (Phi) is 7.64. The van der Waals surface area contributed by atoms with Gasteiger partial charge in [0.2, 0.25) is 0 Å². The standard InChI is InChI=1S/C63H38N2/c1-2-14-39(15-3-1)57-36-33-42-30-31-43-34-37-58(65-62(43)61(42)64-57)40-26-28-41(29-27-40)59-49-19-4-6-21-51(49)60(52-22-7-5-20-50(52)59)44-32-35-48-47-18-10-13-25-55(47)63(56(48)38-44)53-23-11-8-16-45(53)46-17-9-12-24-54(46)63/h1-38H. The van der Waals surface area contributed by atoms with Crippen LogP contribution in [0.1, 0.15) is 22.3 Å². The smallest absolute Gasteiger partial charge is 0.0972 e. The van der Waals surface area contributed by atoms with E-state index in [4.69, 9.17) is 9.97 Å². The average molecular weight is 823 g/mol. The third-order valence-electron chi connectivity index (χ3n) is 14.3. The van der Waals surface area contributed by atoms with E-state index in [1.807, 2.05) is 6.07 Å². The van der Waals surface area contributed by atoms with Crippen molar-refractivity contribution in [2.24, 2.45) is 0 Å². The Morgan fingerprint density at radius 1 is 0.262 bits per heavy atom. The molecule has 2 heteroatoms. The molecule has 0 saturated heterocycles. The summed E-state index contributed by atoms with van der Waals surface area (Å²) >= 11 is 0. The summed E-state index contributed by atoms with van der Waals surface area (Å²) in [4.78, 5) is 10.4. The molecule has 0 aliphatic heterocycles. The number of aromatic nitrogens is 2. The van der Waals surface area contributed by atoms with Gasteiger partial charge >= 0.3 is 0 Å². The minimum Gasteiger partial charge on any atom is -0.245 e. The monoisotopic (exact) mass is 822 g/mol. The lowest BCUT2D eigenvalue weighted by Crippen LogP contribution is -2.25. The molecule has 65 heavy (non-hydrogen) atoms. The molecule has 0 saturated carbocycles. The molecular formula is C63H38N2. The largest absolute Gasteiger partial charge is 0.245 e. The Morgan fingerprint density at radius 2 is 0.631 bits per heavy atom. The third-order valence-corrected chi connectivity index (χ3v) is 14.3. The minimum atomic E-state index is -0.406. The van der Waals surface area contributed by atoms with Crippen LogP contribution in [0, 0.1) is 0 Å². The Hall–Kier alpha value is -8.46. The lowest BCUT2D eigenvalue weighted by Gasteiger charge is -2.30. The summed E-state index contributed by atoms with van der Waals surface area (Å²) in [6.07, 6.45) is 0. The lowest BCUT2D eigenvalue weighted by molar-refractivity contribution is 0.794. The zero-order valence-corrected chi connectivity index (χ0v) is 35.3. The predicted molar refractivity (Wildman–Crippen MR) is 270 cm³/mol. The molecule has 2 nitrogen and oxygen atoms in total. The number of fused-ring (bicyclic) bond motifs is 15. The molecule has 0 N–H and O–H groups in total. The molecule has 0 radical (unpaired) electrons. The number of nitrogens with zero attached hydrogens (tertiary/aromatic N) is 2. The molecule has 0 unspecified atom stereocenters. The van der Waals surface area contributed by atoms with Gasteiger partial charge in [-0.25, -0.2) is 9.97 Å². The second kappa shape index (κ2) is 13.8. The number of rotatable bonds is 4. The highest BCUT2D eigenvalue weighted by atomic mass is 14.8. The first kappa shape index (κ1) is 36.1. The van der Waals surface area contributed by atoms with Crippen molar-refractivity contribution < 1.29 is 0 Å². The van der Waals surface area contributed by atoms with Crippen LogP contribution in [-0.4, -0.2) is 9.97 Å². The van der Waals surface area contributed by atoms with Crippen LogP contribution >= 0.6 is 0 Å². The van der Waals surface area contributed by atoms with Crippen LogP contribution in [0.15, 0.2) is 231 Å². The molecule has 2 aliphatic carbocycles. The third kappa shape index (κ3) is 5.11. The van der Waals surface area contributed by atoms with Gasteiger partial charge in [-0.1, -0.05) is 212 Å². The van der Waals surface area contributed by atoms with E-state index in [1.165, 1.54) is 88.3 Å². The van der Waals surface area contributed by atoms with Crippen LogP contribution in [0.5, 0.6) is 0 Å². The summed E-state index contributed by atoms with van der Waals surface area (Å²) in [6.45, 7) is 0. The molecule has 0 bridgehead atoms. The molecule has 0 atom stereocenters. The van der Waals surface area contributed by atoms with Gasteiger partial charge in [0.1, 0.15) is 0 Å². The SMILES string of the molecule is c1ccc(-c2ccc3ccc4ccc(-c5ccc(-c6c7ccccc7c(-c7ccc8c(c7)C7(c9ccccc9-c9ccccc97)c7ccccc7-8)c7ccccc67)cc5)nc4c3n2)cc1. The van der Waals surface area contributed by atoms with Gasteiger partial charge in [-0.3, -0.25) is 0 Å². The number of hydrogen-bond acceptors (Lipinski definition) is 2. The second-order valence-corrected chi connectivity index (χ2v) is 17.5. The summed E-state index contributed by atoms with van der Waals surface area (Å²) in [7, 11) is 0. The molecule has 10 aromatic carbocycles. The van der Waals surface area contributed by atoms with Gasteiger partial charge in [0.15, 0.2) is 0 Å². The summed E-state index contributed by atoms with van der Waals surface area (Å²) in [5.41, 5.74) is 21.1. The van der Waals surface area contributed by atoms with E-state index >= 15 is 0 Å². The van der Waals surface area contributed by atoms with Crippen molar-refractivity contribution in [2.45, 2.75) is 5.41 Å². The number of hydrogen-bond donors (Lipinski definition) is 0. The average Bonchev–Trinajstić information content (AvgIpc) is 3.85. The fourth-order valence-electron chi connectivity index (χ4n) is 11.5. The van der Waals surface area contributed by atoms with E-state index in [1.54, 1.807) is 0 Å². The van der Waals surface area contributed by atoms with E-state index in [0.29, 0.717) is 0 Å². The van der Waals surface area contributed by atoms with Gasteiger partial charge < -0.3 is 0 Å². The first-order valence-electron chi connectivity index (χ1n) is 22.5. The molecule has 2 aromatic heterocycles. The molecule has 14 rings (SSSR count). The van der Waals surface area contributed by atoms with Crippen molar-refractivity contribution >= 4 is 43.4 Å². The van der Waals surface area contributed by atoms with E-state index in [2.05, 4.69) is 224 Å². The summed E-state index contributed by atoms with van der Waals surface area (Å²) in [5.74, 6) is 0.